The fourth-order valence-electron chi connectivity index (χ4n) is 3.03. The van der Waals surface area contributed by atoms with Gasteiger partial charge >= 0.3 is 0 Å². The van der Waals surface area contributed by atoms with Gasteiger partial charge in [-0.05, 0) is 60.4 Å². The van der Waals surface area contributed by atoms with Crippen LogP contribution in [0, 0.1) is 0 Å². The predicted octanol–water partition coefficient (Wildman–Crippen LogP) is 6.53. The minimum Gasteiger partial charge on any atom is -0.489 e. The summed E-state index contributed by atoms with van der Waals surface area (Å²) in [6.45, 7) is 0.973. The lowest BCUT2D eigenvalue weighted by atomic mass is 10.1. The van der Waals surface area contributed by atoms with Crippen molar-refractivity contribution in [3.63, 3.8) is 0 Å². The van der Waals surface area contributed by atoms with Crippen molar-refractivity contribution in [1.29, 1.82) is 0 Å². The van der Waals surface area contributed by atoms with E-state index in [1.807, 2.05) is 60.8 Å². The summed E-state index contributed by atoms with van der Waals surface area (Å²) in [5, 5.41) is 1.59. The van der Waals surface area contributed by atoms with Crippen LogP contribution < -0.4 is 9.47 Å². The molecule has 1 aromatic heterocycles. The molecular formula is C23H20Cl2N2O2. The summed E-state index contributed by atoms with van der Waals surface area (Å²) in [5.41, 5.74) is 3.94. The lowest BCUT2D eigenvalue weighted by Crippen LogP contribution is -2.04. The normalized spacial score (nSPS) is 13.6. The van der Waals surface area contributed by atoms with Gasteiger partial charge in [0.15, 0.2) is 0 Å². The van der Waals surface area contributed by atoms with Gasteiger partial charge in [-0.1, -0.05) is 41.4 Å². The van der Waals surface area contributed by atoms with Crippen LogP contribution in [0.4, 0.5) is 0 Å². The van der Waals surface area contributed by atoms with Crippen molar-refractivity contribution in [3.8, 4) is 22.8 Å². The molecule has 1 aliphatic rings. The van der Waals surface area contributed by atoms with Gasteiger partial charge in [0.25, 0.3) is 0 Å². The van der Waals surface area contributed by atoms with E-state index < -0.39 is 0 Å². The van der Waals surface area contributed by atoms with Gasteiger partial charge in [-0.3, -0.25) is 0 Å². The van der Waals surface area contributed by atoms with E-state index in [2.05, 4.69) is 9.97 Å². The molecule has 0 fully saturated rings. The minimum atomic E-state index is 0.456. The van der Waals surface area contributed by atoms with Crippen LogP contribution in [0.5, 0.6) is 11.5 Å². The molecule has 29 heavy (non-hydrogen) atoms. The Morgan fingerprint density at radius 1 is 0.931 bits per heavy atom. The Morgan fingerprint density at radius 2 is 1.79 bits per heavy atom. The van der Waals surface area contributed by atoms with E-state index in [4.69, 9.17) is 32.7 Å². The number of ether oxygens (including phenoxy) is 2. The number of rotatable bonds is 7. The largest absolute Gasteiger partial charge is 0.489 e. The second-order valence-corrected chi connectivity index (χ2v) is 7.68. The second kappa shape index (κ2) is 9.21. The molecule has 0 aliphatic heterocycles. The van der Waals surface area contributed by atoms with Gasteiger partial charge in [0.2, 0.25) is 0 Å². The van der Waals surface area contributed by atoms with E-state index in [0.29, 0.717) is 18.2 Å². The third-order valence-corrected chi connectivity index (χ3v) is 5.21. The van der Waals surface area contributed by atoms with Gasteiger partial charge < -0.3 is 14.5 Å². The van der Waals surface area contributed by atoms with Gasteiger partial charge in [-0.2, -0.15) is 0 Å². The lowest BCUT2D eigenvalue weighted by molar-refractivity contribution is 0.304. The summed E-state index contributed by atoms with van der Waals surface area (Å²) in [7, 11) is 0. The third-order valence-electron chi connectivity index (χ3n) is 4.64. The molecule has 0 atom stereocenters. The van der Waals surface area contributed by atoms with Crippen molar-refractivity contribution < 1.29 is 9.47 Å². The number of nitrogens with zero attached hydrogens (tertiary/aromatic N) is 1. The SMILES string of the molecule is ClC1=CC=C(COc2ccc(OCc3ccc(Cl)cc3)cc2-c2c[nH]cn2)CC1. The highest BCUT2D eigenvalue weighted by Gasteiger charge is 2.12. The number of nitrogens with one attached hydrogen (secondary N) is 1. The topological polar surface area (TPSA) is 47.1 Å². The Kier molecular flexibility index (Phi) is 6.23. The Labute approximate surface area is 179 Å². The zero-order chi connectivity index (χ0) is 20.1. The Bertz CT molecular complexity index is 1030. The molecule has 0 saturated carbocycles. The first-order valence-corrected chi connectivity index (χ1v) is 10.1. The van der Waals surface area contributed by atoms with Crippen molar-refractivity contribution >= 4 is 23.2 Å². The standard InChI is InChI=1S/C23H20Cl2N2O2/c24-18-5-1-16(2-6-18)13-28-20-9-10-23(21(11-20)22-12-26-15-27-22)29-14-17-3-7-19(25)8-4-17/h1-3,5-7,9-12,15H,4,8,13-14H2,(H,26,27). The van der Waals surface area contributed by atoms with Crippen LogP contribution in [0.25, 0.3) is 11.3 Å². The van der Waals surface area contributed by atoms with Crippen LogP contribution in [0.15, 0.2) is 77.7 Å². The summed E-state index contributed by atoms with van der Waals surface area (Å²) in [4.78, 5) is 7.37. The number of hydrogen-bond donors (Lipinski definition) is 1. The molecule has 0 unspecified atom stereocenters. The monoisotopic (exact) mass is 426 g/mol. The molecule has 1 aliphatic carbocycles. The summed E-state index contributed by atoms with van der Waals surface area (Å²) in [6, 6.07) is 13.4. The number of hydrogen-bond acceptors (Lipinski definition) is 3. The van der Waals surface area contributed by atoms with Gasteiger partial charge in [-0.15, -0.1) is 0 Å². The summed E-state index contributed by atoms with van der Waals surface area (Å²) >= 11 is 12.0. The highest BCUT2D eigenvalue weighted by molar-refractivity contribution is 6.30. The van der Waals surface area contributed by atoms with Crippen LogP contribution in [-0.2, 0) is 6.61 Å². The van der Waals surface area contributed by atoms with Crippen molar-refractivity contribution in [2.75, 3.05) is 6.61 Å². The first-order chi connectivity index (χ1) is 14.2. The van der Waals surface area contributed by atoms with Crippen LogP contribution >= 0.6 is 23.2 Å². The Hall–Kier alpha value is -2.69. The minimum absolute atomic E-state index is 0.456. The van der Waals surface area contributed by atoms with Gasteiger partial charge in [0.05, 0.1) is 12.0 Å². The van der Waals surface area contributed by atoms with Crippen LogP contribution in [0.3, 0.4) is 0 Å². The molecule has 4 rings (SSSR count). The molecule has 0 radical (unpaired) electrons. The van der Waals surface area contributed by atoms with Crippen LogP contribution in [-0.4, -0.2) is 16.6 Å². The van der Waals surface area contributed by atoms with Crippen molar-refractivity contribution in [1.82, 2.24) is 9.97 Å². The van der Waals surface area contributed by atoms with Gasteiger partial charge in [0, 0.05) is 21.8 Å². The molecular weight excluding hydrogens is 407 g/mol. The molecule has 4 nitrogen and oxygen atoms in total. The van der Waals surface area contributed by atoms with Crippen molar-refractivity contribution in [2.24, 2.45) is 0 Å². The lowest BCUT2D eigenvalue weighted by Gasteiger charge is -2.15. The highest BCUT2D eigenvalue weighted by Crippen LogP contribution is 2.33. The molecule has 0 amide bonds. The molecule has 1 heterocycles. The van der Waals surface area contributed by atoms with Crippen molar-refractivity contribution in [2.45, 2.75) is 19.4 Å². The molecule has 3 aromatic rings. The van der Waals surface area contributed by atoms with Gasteiger partial charge in [0.1, 0.15) is 24.7 Å². The van der Waals surface area contributed by atoms with E-state index in [-0.39, 0.29) is 0 Å². The summed E-state index contributed by atoms with van der Waals surface area (Å²) in [5.74, 6) is 1.51. The molecule has 2 aromatic carbocycles. The first-order valence-electron chi connectivity index (χ1n) is 9.35. The molecule has 148 valence electrons. The molecule has 1 N–H and O–H groups in total. The number of halogens is 2. The summed E-state index contributed by atoms with van der Waals surface area (Å²) < 4.78 is 12.1. The number of imidazole rings is 1. The number of allylic oxidation sites excluding steroid dienone is 3. The Morgan fingerprint density at radius 3 is 2.52 bits per heavy atom. The smallest absolute Gasteiger partial charge is 0.129 e. The second-order valence-electron chi connectivity index (χ2n) is 6.75. The third kappa shape index (κ3) is 5.22. The zero-order valence-corrected chi connectivity index (χ0v) is 17.2. The van der Waals surface area contributed by atoms with E-state index >= 15 is 0 Å². The van der Waals surface area contributed by atoms with E-state index in [1.165, 1.54) is 5.57 Å². The fraction of sp³-hybridized carbons (Fsp3) is 0.174. The fourth-order valence-corrected chi connectivity index (χ4v) is 3.31. The number of aromatic amines is 1. The maximum atomic E-state index is 6.10. The van der Waals surface area contributed by atoms with Gasteiger partial charge in [-0.25, -0.2) is 4.98 Å². The van der Waals surface area contributed by atoms with E-state index in [1.54, 1.807) is 6.33 Å². The average molecular weight is 427 g/mol. The zero-order valence-electron chi connectivity index (χ0n) is 15.7. The number of aromatic nitrogens is 2. The van der Waals surface area contributed by atoms with Crippen LogP contribution in [0.1, 0.15) is 18.4 Å². The first kappa shape index (κ1) is 19.6. The predicted molar refractivity (Wildman–Crippen MR) is 117 cm³/mol. The maximum Gasteiger partial charge on any atom is 0.129 e. The quantitative estimate of drug-likeness (QED) is 0.466. The molecule has 0 bridgehead atoms. The molecule has 6 heteroatoms. The highest BCUT2D eigenvalue weighted by atomic mass is 35.5. The maximum absolute atomic E-state index is 6.10. The number of benzene rings is 2. The average Bonchev–Trinajstić information content (AvgIpc) is 3.28. The van der Waals surface area contributed by atoms with E-state index in [9.17, 15) is 0 Å². The van der Waals surface area contributed by atoms with E-state index in [0.717, 1.165) is 46.2 Å². The molecule has 0 spiro atoms. The molecule has 0 saturated heterocycles. The Balaban J connectivity index is 1.50. The van der Waals surface area contributed by atoms with Crippen molar-refractivity contribution in [3.05, 3.63) is 88.3 Å². The van der Waals surface area contributed by atoms with Crippen LogP contribution in [0.2, 0.25) is 5.02 Å². The number of H-pyrrole nitrogens is 1. The summed E-state index contributed by atoms with van der Waals surface area (Å²) in [6.07, 6.45) is 9.23.